The SMILES string of the molecule is O=P(O)(O)Oc1cc(-c2cccc(F)c2)nc2ccc(CO)cc12. The van der Waals surface area contributed by atoms with Gasteiger partial charge in [0.25, 0.3) is 0 Å². The van der Waals surface area contributed by atoms with Crippen molar-refractivity contribution in [3.8, 4) is 17.0 Å². The first-order chi connectivity index (χ1) is 11.4. The topological polar surface area (TPSA) is 99.9 Å². The maximum absolute atomic E-state index is 13.4. The molecule has 0 saturated heterocycles. The summed E-state index contributed by atoms with van der Waals surface area (Å²) in [6, 6.07) is 11.8. The third-order valence-electron chi connectivity index (χ3n) is 3.36. The zero-order chi connectivity index (χ0) is 17.3. The van der Waals surface area contributed by atoms with Crippen LogP contribution in [0.15, 0.2) is 48.5 Å². The minimum absolute atomic E-state index is 0.0945. The lowest BCUT2D eigenvalue weighted by molar-refractivity contribution is 0.282. The Morgan fingerprint density at radius 1 is 1.12 bits per heavy atom. The van der Waals surface area contributed by atoms with E-state index in [9.17, 15) is 14.1 Å². The number of hydrogen-bond acceptors (Lipinski definition) is 4. The second kappa shape index (κ2) is 6.30. The Balaban J connectivity index is 2.24. The number of aliphatic hydroxyl groups is 1. The average Bonchev–Trinajstić information content (AvgIpc) is 2.53. The molecule has 0 aliphatic heterocycles. The summed E-state index contributed by atoms with van der Waals surface area (Å²) in [5.41, 5.74) is 1.69. The number of pyridine rings is 1. The van der Waals surface area contributed by atoms with Crippen LogP contribution >= 0.6 is 7.82 Å². The first kappa shape index (κ1) is 16.5. The van der Waals surface area contributed by atoms with Crippen molar-refractivity contribution in [2.24, 2.45) is 0 Å². The summed E-state index contributed by atoms with van der Waals surface area (Å²) in [6.45, 7) is -0.239. The summed E-state index contributed by atoms with van der Waals surface area (Å²) >= 11 is 0. The molecule has 0 fully saturated rings. The molecule has 0 amide bonds. The Labute approximate surface area is 136 Å². The monoisotopic (exact) mass is 349 g/mol. The lowest BCUT2D eigenvalue weighted by Gasteiger charge is -2.12. The van der Waals surface area contributed by atoms with Crippen LogP contribution in [0.2, 0.25) is 0 Å². The number of aliphatic hydroxyl groups excluding tert-OH is 1. The standard InChI is InChI=1S/C16H13FNO5P/c17-12-3-1-2-11(7-12)15-8-16(23-24(20,21)22)13-6-10(9-19)4-5-14(13)18-15/h1-8,19H,9H2,(H2,20,21,22). The van der Waals surface area contributed by atoms with Crippen molar-refractivity contribution < 1.29 is 28.4 Å². The van der Waals surface area contributed by atoms with Gasteiger partial charge in [0.05, 0.1) is 17.8 Å². The summed E-state index contributed by atoms with van der Waals surface area (Å²) in [7, 11) is -4.80. The first-order valence-electron chi connectivity index (χ1n) is 6.91. The van der Waals surface area contributed by atoms with Gasteiger partial charge in [-0.05, 0) is 29.8 Å². The molecule has 3 aromatic rings. The van der Waals surface area contributed by atoms with Gasteiger partial charge in [0.2, 0.25) is 0 Å². The van der Waals surface area contributed by atoms with Crippen LogP contribution in [-0.4, -0.2) is 19.9 Å². The third-order valence-corrected chi connectivity index (χ3v) is 3.79. The molecule has 1 heterocycles. The van der Waals surface area contributed by atoms with E-state index in [0.717, 1.165) is 0 Å². The highest BCUT2D eigenvalue weighted by Gasteiger charge is 2.19. The fourth-order valence-corrected chi connectivity index (χ4v) is 2.75. The molecule has 0 radical (unpaired) electrons. The number of phosphoric ester groups is 1. The van der Waals surface area contributed by atoms with Gasteiger partial charge in [0.15, 0.2) is 0 Å². The van der Waals surface area contributed by atoms with Gasteiger partial charge in [-0.2, -0.15) is 0 Å². The fourth-order valence-electron chi connectivity index (χ4n) is 2.34. The van der Waals surface area contributed by atoms with E-state index in [-0.39, 0.29) is 12.4 Å². The van der Waals surface area contributed by atoms with Crippen molar-refractivity contribution in [1.29, 1.82) is 0 Å². The summed E-state index contributed by atoms with van der Waals surface area (Å²) in [5, 5.41) is 9.57. The van der Waals surface area contributed by atoms with Crippen LogP contribution in [0.25, 0.3) is 22.2 Å². The summed E-state index contributed by atoms with van der Waals surface area (Å²) in [4.78, 5) is 22.6. The maximum atomic E-state index is 13.4. The third kappa shape index (κ3) is 3.60. The van der Waals surface area contributed by atoms with Crippen molar-refractivity contribution in [2.75, 3.05) is 0 Å². The average molecular weight is 349 g/mol. The van der Waals surface area contributed by atoms with E-state index in [0.29, 0.717) is 27.7 Å². The van der Waals surface area contributed by atoms with E-state index in [1.807, 2.05) is 0 Å². The summed E-state index contributed by atoms with van der Waals surface area (Å²) < 4.78 is 29.4. The van der Waals surface area contributed by atoms with E-state index in [1.54, 1.807) is 18.2 Å². The molecule has 6 nitrogen and oxygen atoms in total. The highest BCUT2D eigenvalue weighted by molar-refractivity contribution is 7.46. The van der Waals surface area contributed by atoms with Crippen LogP contribution < -0.4 is 4.52 Å². The number of fused-ring (bicyclic) bond motifs is 1. The predicted molar refractivity (Wildman–Crippen MR) is 85.7 cm³/mol. The fraction of sp³-hybridized carbons (Fsp3) is 0.0625. The number of nitrogens with zero attached hydrogens (tertiary/aromatic N) is 1. The van der Waals surface area contributed by atoms with Gasteiger partial charge >= 0.3 is 7.82 Å². The van der Waals surface area contributed by atoms with Gasteiger partial charge in [0.1, 0.15) is 11.6 Å². The van der Waals surface area contributed by atoms with E-state index in [1.165, 1.54) is 30.3 Å². The smallest absolute Gasteiger partial charge is 0.403 e. The number of benzene rings is 2. The van der Waals surface area contributed by atoms with Crippen LogP contribution in [0.1, 0.15) is 5.56 Å². The predicted octanol–water partition coefficient (Wildman–Crippen LogP) is 3.00. The van der Waals surface area contributed by atoms with Gasteiger partial charge in [-0.3, -0.25) is 9.79 Å². The van der Waals surface area contributed by atoms with Crippen molar-refractivity contribution >= 4 is 18.7 Å². The summed E-state index contributed by atoms with van der Waals surface area (Å²) in [5.74, 6) is -0.551. The molecule has 3 rings (SSSR count). The number of rotatable bonds is 4. The summed E-state index contributed by atoms with van der Waals surface area (Å²) in [6.07, 6.45) is 0. The van der Waals surface area contributed by atoms with Crippen LogP contribution in [-0.2, 0) is 11.2 Å². The molecule has 0 saturated carbocycles. The quantitative estimate of drug-likeness (QED) is 0.626. The Kier molecular flexibility index (Phi) is 4.34. The largest absolute Gasteiger partial charge is 0.524 e. The maximum Gasteiger partial charge on any atom is 0.524 e. The molecule has 0 aliphatic carbocycles. The van der Waals surface area contributed by atoms with Gasteiger partial charge in [0, 0.05) is 17.0 Å². The number of aromatic nitrogens is 1. The molecular formula is C16H13FNO5P. The van der Waals surface area contributed by atoms with E-state index < -0.39 is 13.6 Å². The van der Waals surface area contributed by atoms with Gasteiger partial charge < -0.3 is 9.63 Å². The number of phosphoric acid groups is 1. The van der Waals surface area contributed by atoms with E-state index in [2.05, 4.69) is 4.98 Å². The Morgan fingerprint density at radius 3 is 2.58 bits per heavy atom. The molecule has 0 bridgehead atoms. The van der Waals surface area contributed by atoms with Crippen molar-refractivity contribution in [3.05, 3.63) is 59.9 Å². The molecule has 0 atom stereocenters. The van der Waals surface area contributed by atoms with Crippen molar-refractivity contribution in [3.63, 3.8) is 0 Å². The highest BCUT2D eigenvalue weighted by atomic mass is 31.2. The zero-order valence-electron chi connectivity index (χ0n) is 12.3. The zero-order valence-corrected chi connectivity index (χ0v) is 13.2. The first-order valence-corrected chi connectivity index (χ1v) is 8.44. The lowest BCUT2D eigenvalue weighted by Crippen LogP contribution is -1.95. The van der Waals surface area contributed by atoms with Gasteiger partial charge in [-0.15, -0.1) is 0 Å². The highest BCUT2D eigenvalue weighted by Crippen LogP contribution is 2.42. The van der Waals surface area contributed by atoms with Crippen molar-refractivity contribution in [1.82, 2.24) is 4.98 Å². The second-order valence-corrected chi connectivity index (χ2v) is 6.27. The van der Waals surface area contributed by atoms with Gasteiger partial charge in [-0.1, -0.05) is 18.2 Å². The normalized spacial score (nSPS) is 11.7. The molecule has 0 aliphatic rings. The van der Waals surface area contributed by atoms with Crippen LogP contribution in [0.5, 0.6) is 5.75 Å². The van der Waals surface area contributed by atoms with Crippen LogP contribution in [0.4, 0.5) is 4.39 Å². The molecule has 0 spiro atoms. The second-order valence-electron chi connectivity index (χ2n) is 5.11. The molecule has 1 aromatic heterocycles. The molecule has 0 unspecified atom stereocenters. The molecule has 2 aromatic carbocycles. The van der Waals surface area contributed by atoms with Crippen molar-refractivity contribution in [2.45, 2.75) is 6.61 Å². The Bertz CT molecular complexity index is 956. The molecule has 124 valence electrons. The molecular weight excluding hydrogens is 336 g/mol. The number of halogens is 1. The Morgan fingerprint density at radius 2 is 1.92 bits per heavy atom. The van der Waals surface area contributed by atoms with Gasteiger partial charge in [-0.25, -0.2) is 13.9 Å². The Hall–Kier alpha value is -2.31. The van der Waals surface area contributed by atoms with Crippen LogP contribution in [0.3, 0.4) is 0 Å². The molecule has 3 N–H and O–H groups in total. The van der Waals surface area contributed by atoms with E-state index >= 15 is 0 Å². The minimum atomic E-state index is -4.80. The number of hydrogen-bond donors (Lipinski definition) is 3. The molecule has 24 heavy (non-hydrogen) atoms. The van der Waals surface area contributed by atoms with Crippen LogP contribution in [0, 0.1) is 5.82 Å². The minimum Gasteiger partial charge on any atom is -0.403 e. The lowest BCUT2D eigenvalue weighted by atomic mass is 10.1. The molecule has 8 heteroatoms. The van der Waals surface area contributed by atoms with E-state index in [4.69, 9.17) is 14.3 Å².